The molecule has 0 bridgehead atoms. The average molecular weight is 302 g/mol. The molecule has 2 amide bonds. The second-order valence-corrected chi connectivity index (χ2v) is 6.04. The first-order chi connectivity index (χ1) is 10.5. The van der Waals surface area contributed by atoms with E-state index in [9.17, 15) is 19.5 Å². The molecule has 3 N–H and O–H groups in total. The molecule has 2 fully saturated rings. The maximum absolute atomic E-state index is 12.3. The minimum absolute atomic E-state index is 0.0291. The molecule has 0 spiro atoms. The highest BCUT2D eigenvalue weighted by Crippen LogP contribution is 2.33. The van der Waals surface area contributed by atoms with Gasteiger partial charge in [0.15, 0.2) is 0 Å². The van der Waals surface area contributed by atoms with Crippen molar-refractivity contribution in [1.29, 1.82) is 0 Å². The molecular formula is C16H18N2O4. The average Bonchev–Trinajstić information content (AvgIpc) is 3.27. The van der Waals surface area contributed by atoms with Gasteiger partial charge in [-0.1, -0.05) is 6.07 Å². The number of aliphatic carboxylic acids is 1. The van der Waals surface area contributed by atoms with Crippen LogP contribution in [0.15, 0.2) is 24.3 Å². The monoisotopic (exact) mass is 302 g/mol. The van der Waals surface area contributed by atoms with Gasteiger partial charge in [-0.15, -0.1) is 0 Å². The number of hydrogen-bond acceptors (Lipinski definition) is 3. The van der Waals surface area contributed by atoms with E-state index >= 15 is 0 Å². The predicted molar refractivity (Wildman–Crippen MR) is 79.5 cm³/mol. The molecule has 3 rings (SSSR count). The molecule has 6 heteroatoms. The molecule has 0 aliphatic heterocycles. The van der Waals surface area contributed by atoms with Crippen molar-refractivity contribution < 1.29 is 19.5 Å². The number of rotatable bonds is 5. The van der Waals surface area contributed by atoms with Crippen LogP contribution in [0, 0.1) is 5.92 Å². The van der Waals surface area contributed by atoms with Crippen molar-refractivity contribution in [3.63, 3.8) is 0 Å². The number of carbonyl (C=O) groups excluding carboxylic acids is 2. The van der Waals surface area contributed by atoms with Crippen LogP contribution in [0.1, 0.15) is 42.5 Å². The molecule has 1 aromatic carbocycles. The van der Waals surface area contributed by atoms with Crippen LogP contribution in [0.3, 0.4) is 0 Å². The fraction of sp³-hybridized carbons (Fsp3) is 0.438. The van der Waals surface area contributed by atoms with Crippen LogP contribution in [-0.4, -0.2) is 28.4 Å². The minimum atomic E-state index is -1.13. The van der Waals surface area contributed by atoms with Gasteiger partial charge < -0.3 is 15.7 Å². The lowest BCUT2D eigenvalue weighted by molar-refractivity contribution is -0.148. The molecule has 0 aromatic heterocycles. The van der Waals surface area contributed by atoms with E-state index in [1.54, 1.807) is 24.3 Å². The van der Waals surface area contributed by atoms with Crippen molar-refractivity contribution in [2.75, 3.05) is 5.32 Å². The van der Waals surface area contributed by atoms with E-state index < -0.39 is 17.4 Å². The number of carboxylic acids is 1. The summed E-state index contributed by atoms with van der Waals surface area (Å²) >= 11 is 0. The van der Waals surface area contributed by atoms with Crippen molar-refractivity contribution in [3.8, 4) is 0 Å². The van der Waals surface area contributed by atoms with Crippen molar-refractivity contribution in [2.24, 2.45) is 5.92 Å². The van der Waals surface area contributed by atoms with Crippen LogP contribution in [0.25, 0.3) is 0 Å². The van der Waals surface area contributed by atoms with Gasteiger partial charge in [-0.2, -0.15) is 0 Å². The molecule has 0 radical (unpaired) electrons. The predicted octanol–water partition coefficient (Wildman–Crippen LogP) is 1.77. The summed E-state index contributed by atoms with van der Waals surface area (Å²) in [7, 11) is 0. The first-order valence-corrected chi connectivity index (χ1v) is 7.47. The van der Waals surface area contributed by atoms with Crippen LogP contribution < -0.4 is 10.6 Å². The molecule has 0 heterocycles. The lowest BCUT2D eigenvalue weighted by Gasteiger charge is -2.38. The van der Waals surface area contributed by atoms with Gasteiger partial charge in [-0.3, -0.25) is 9.59 Å². The minimum Gasteiger partial charge on any atom is -0.480 e. The number of benzene rings is 1. The number of nitrogens with one attached hydrogen (secondary N) is 2. The van der Waals surface area contributed by atoms with Gasteiger partial charge in [-0.25, -0.2) is 4.79 Å². The molecule has 2 aliphatic carbocycles. The number of amides is 2. The summed E-state index contributed by atoms with van der Waals surface area (Å²) in [5.74, 6) is -1.36. The Balaban J connectivity index is 1.69. The van der Waals surface area contributed by atoms with E-state index in [1.165, 1.54) is 0 Å². The molecular weight excluding hydrogens is 284 g/mol. The Labute approximate surface area is 127 Å². The molecule has 6 nitrogen and oxygen atoms in total. The van der Waals surface area contributed by atoms with Gasteiger partial charge in [0.1, 0.15) is 5.54 Å². The third kappa shape index (κ3) is 2.81. The van der Waals surface area contributed by atoms with Crippen molar-refractivity contribution in [2.45, 2.75) is 37.6 Å². The molecule has 116 valence electrons. The van der Waals surface area contributed by atoms with E-state index in [1.807, 2.05) is 0 Å². The van der Waals surface area contributed by atoms with Gasteiger partial charge >= 0.3 is 5.97 Å². The SMILES string of the molecule is O=C(NC1(C(=O)O)CCC1)c1cccc(NC(=O)C2CC2)c1. The summed E-state index contributed by atoms with van der Waals surface area (Å²) in [6.45, 7) is 0. The smallest absolute Gasteiger partial charge is 0.329 e. The van der Waals surface area contributed by atoms with E-state index in [2.05, 4.69) is 10.6 Å². The topological polar surface area (TPSA) is 95.5 Å². The number of hydrogen-bond donors (Lipinski definition) is 3. The highest BCUT2D eigenvalue weighted by Gasteiger charge is 2.45. The zero-order valence-electron chi connectivity index (χ0n) is 12.1. The molecule has 2 saturated carbocycles. The van der Waals surface area contributed by atoms with Crippen LogP contribution in [0.2, 0.25) is 0 Å². The van der Waals surface area contributed by atoms with Gasteiger partial charge in [0, 0.05) is 17.2 Å². The quantitative estimate of drug-likeness (QED) is 0.772. The Bertz CT molecular complexity index is 633. The normalized spacial score (nSPS) is 18.9. The number of carbonyl (C=O) groups is 3. The molecule has 22 heavy (non-hydrogen) atoms. The fourth-order valence-corrected chi connectivity index (χ4v) is 2.54. The summed E-state index contributed by atoms with van der Waals surface area (Å²) in [5.41, 5.74) is -0.228. The largest absolute Gasteiger partial charge is 0.480 e. The number of anilines is 1. The van der Waals surface area contributed by atoms with Crippen LogP contribution in [-0.2, 0) is 9.59 Å². The molecule has 0 unspecified atom stereocenters. The Morgan fingerprint density at radius 1 is 1.18 bits per heavy atom. The zero-order valence-corrected chi connectivity index (χ0v) is 12.1. The van der Waals surface area contributed by atoms with E-state index in [-0.39, 0.29) is 11.8 Å². The van der Waals surface area contributed by atoms with Gasteiger partial charge in [0.2, 0.25) is 5.91 Å². The van der Waals surface area contributed by atoms with Crippen molar-refractivity contribution in [1.82, 2.24) is 5.32 Å². The summed E-state index contributed by atoms with van der Waals surface area (Å²) < 4.78 is 0. The molecule has 2 aliphatic rings. The third-order valence-corrected chi connectivity index (χ3v) is 4.31. The highest BCUT2D eigenvalue weighted by atomic mass is 16.4. The Morgan fingerprint density at radius 3 is 2.45 bits per heavy atom. The summed E-state index contributed by atoms with van der Waals surface area (Å²) in [5, 5.41) is 14.6. The summed E-state index contributed by atoms with van der Waals surface area (Å²) in [6, 6.07) is 6.57. The zero-order chi connectivity index (χ0) is 15.7. The first kappa shape index (κ1) is 14.6. The van der Waals surface area contributed by atoms with Gasteiger partial charge in [-0.05, 0) is 50.3 Å². The first-order valence-electron chi connectivity index (χ1n) is 7.47. The highest BCUT2D eigenvalue weighted by molar-refractivity contribution is 6.00. The standard InChI is InChI=1S/C16H18N2O4/c19-13(10-5-6-10)17-12-4-1-3-11(9-12)14(20)18-16(15(21)22)7-2-8-16/h1,3-4,9-10H,2,5-8H2,(H,17,19)(H,18,20)(H,21,22). The van der Waals surface area contributed by atoms with Gasteiger partial charge in [0.25, 0.3) is 5.91 Å². The van der Waals surface area contributed by atoms with Crippen molar-refractivity contribution >= 4 is 23.5 Å². The Kier molecular flexibility index (Phi) is 3.60. The summed E-state index contributed by atoms with van der Waals surface area (Å²) in [4.78, 5) is 35.3. The molecule has 1 aromatic rings. The third-order valence-electron chi connectivity index (χ3n) is 4.31. The fourth-order valence-electron chi connectivity index (χ4n) is 2.54. The maximum Gasteiger partial charge on any atom is 0.329 e. The lowest BCUT2D eigenvalue weighted by Crippen LogP contribution is -2.59. The van der Waals surface area contributed by atoms with Crippen molar-refractivity contribution in [3.05, 3.63) is 29.8 Å². The Morgan fingerprint density at radius 2 is 1.91 bits per heavy atom. The Hall–Kier alpha value is -2.37. The van der Waals surface area contributed by atoms with Crippen LogP contribution in [0.5, 0.6) is 0 Å². The van der Waals surface area contributed by atoms with E-state index in [4.69, 9.17) is 0 Å². The van der Waals surface area contributed by atoms with Crippen LogP contribution >= 0.6 is 0 Å². The summed E-state index contributed by atoms with van der Waals surface area (Å²) in [6.07, 6.45) is 3.52. The van der Waals surface area contributed by atoms with E-state index in [0.29, 0.717) is 24.1 Å². The molecule has 0 saturated heterocycles. The second kappa shape index (κ2) is 5.44. The second-order valence-electron chi connectivity index (χ2n) is 6.04. The van der Waals surface area contributed by atoms with Gasteiger partial charge in [0.05, 0.1) is 0 Å². The number of carboxylic acid groups (broad SMARTS) is 1. The molecule has 0 atom stereocenters. The maximum atomic E-state index is 12.3. The van der Waals surface area contributed by atoms with E-state index in [0.717, 1.165) is 19.3 Å². The van der Waals surface area contributed by atoms with Crippen LogP contribution in [0.4, 0.5) is 5.69 Å². The lowest BCUT2D eigenvalue weighted by atomic mass is 9.76.